The second-order valence-electron chi connectivity index (χ2n) is 4.43. The smallest absolute Gasteiger partial charge is 0.292 e. The third kappa shape index (κ3) is 2.88. The summed E-state index contributed by atoms with van der Waals surface area (Å²) >= 11 is 11.6. The molecule has 0 spiro atoms. The largest absolute Gasteiger partial charge is 0.334 e. The molecular weight excluding hydrogens is 331 g/mol. The fraction of sp³-hybridized carbons (Fsp3) is 0.143. The Labute approximate surface area is 135 Å². The Bertz CT molecular complexity index is 702. The molecule has 8 heteroatoms. The van der Waals surface area contributed by atoms with Crippen molar-refractivity contribution in [1.29, 1.82) is 0 Å². The van der Waals surface area contributed by atoms with Crippen LogP contribution < -0.4 is 0 Å². The first-order chi connectivity index (χ1) is 10.4. The van der Waals surface area contributed by atoms with Crippen LogP contribution in [0.4, 0.5) is 4.79 Å². The highest BCUT2D eigenvalue weighted by molar-refractivity contribution is 6.45. The Morgan fingerprint density at radius 3 is 2.36 bits per heavy atom. The van der Waals surface area contributed by atoms with Crippen LogP contribution in [0.3, 0.4) is 0 Å². The maximum absolute atomic E-state index is 12.2. The Morgan fingerprint density at radius 2 is 1.77 bits per heavy atom. The van der Waals surface area contributed by atoms with Gasteiger partial charge in [-0.05, 0) is 18.2 Å². The molecule has 0 unspecified atom stereocenters. The molecule has 6 nitrogen and oxygen atoms in total. The van der Waals surface area contributed by atoms with Gasteiger partial charge in [0.05, 0.1) is 11.6 Å². The fourth-order valence-electron chi connectivity index (χ4n) is 1.92. The molecule has 1 aliphatic rings. The summed E-state index contributed by atoms with van der Waals surface area (Å²) < 4.78 is 0. The molecule has 1 aliphatic heterocycles. The lowest BCUT2D eigenvalue weighted by Gasteiger charge is -2.14. The van der Waals surface area contributed by atoms with E-state index in [1.54, 1.807) is 0 Å². The van der Waals surface area contributed by atoms with Crippen molar-refractivity contribution >= 4 is 46.8 Å². The van der Waals surface area contributed by atoms with Crippen LogP contribution in [0.1, 0.15) is 10.4 Å². The average Bonchev–Trinajstić information content (AvgIpc) is 2.65. The van der Waals surface area contributed by atoms with E-state index in [-0.39, 0.29) is 17.1 Å². The zero-order chi connectivity index (χ0) is 16.4. The van der Waals surface area contributed by atoms with Gasteiger partial charge in [-0.15, -0.1) is 6.58 Å². The first-order valence-corrected chi connectivity index (χ1v) is 6.89. The molecule has 1 saturated heterocycles. The number of ketones is 1. The quantitative estimate of drug-likeness (QED) is 0.356. The van der Waals surface area contributed by atoms with Crippen molar-refractivity contribution < 1.29 is 19.2 Å². The number of carbonyl (C=O) groups is 4. The summed E-state index contributed by atoms with van der Waals surface area (Å²) in [5, 5.41) is 0.452. The van der Waals surface area contributed by atoms with Gasteiger partial charge in [0, 0.05) is 17.1 Å². The third-order valence-electron chi connectivity index (χ3n) is 2.98. The highest BCUT2D eigenvalue weighted by atomic mass is 35.5. The summed E-state index contributed by atoms with van der Waals surface area (Å²) in [6, 6.07) is 3.37. The molecule has 1 aromatic carbocycles. The predicted molar refractivity (Wildman–Crippen MR) is 79.8 cm³/mol. The van der Waals surface area contributed by atoms with Gasteiger partial charge in [0.25, 0.3) is 0 Å². The van der Waals surface area contributed by atoms with E-state index < -0.39 is 30.2 Å². The standard InChI is InChI=1S/C14H10Cl2N2O4/c1-2-5-17-12(20)13(21)18(14(17)22)7-11(19)9-4-3-8(15)6-10(9)16/h2-4,6H,1,5,7H2. The number of rotatable bonds is 5. The number of hydrogen-bond acceptors (Lipinski definition) is 4. The van der Waals surface area contributed by atoms with Crippen LogP contribution in [-0.2, 0) is 9.59 Å². The number of imide groups is 2. The monoisotopic (exact) mass is 340 g/mol. The van der Waals surface area contributed by atoms with Gasteiger partial charge >= 0.3 is 17.8 Å². The number of carbonyl (C=O) groups excluding carboxylic acids is 4. The molecule has 22 heavy (non-hydrogen) atoms. The number of nitrogens with zero attached hydrogens (tertiary/aromatic N) is 2. The van der Waals surface area contributed by atoms with E-state index >= 15 is 0 Å². The first-order valence-electron chi connectivity index (χ1n) is 6.13. The number of benzene rings is 1. The van der Waals surface area contributed by atoms with E-state index in [0.717, 1.165) is 0 Å². The summed E-state index contributed by atoms with van der Waals surface area (Å²) in [4.78, 5) is 48.9. The minimum atomic E-state index is -1.05. The maximum atomic E-state index is 12.2. The Morgan fingerprint density at radius 1 is 1.14 bits per heavy atom. The molecule has 1 fully saturated rings. The van der Waals surface area contributed by atoms with Gasteiger partial charge < -0.3 is 0 Å². The first kappa shape index (κ1) is 16.2. The SMILES string of the molecule is C=CCN1C(=O)C(=O)N(CC(=O)c2ccc(Cl)cc2Cl)C1=O. The molecule has 114 valence electrons. The molecule has 0 aromatic heterocycles. The second kappa shape index (κ2) is 6.29. The zero-order valence-corrected chi connectivity index (χ0v) is 12.7. The average molecular weight is 341 g/mol. The van der Waals surface area contributed by atoms with Gasteiger partial charge in [-0.2, -0.15) is 0 Å². The van der Waals surface area contributed by atoms with E-state index in [9.17, 15) is 19.2 Å². The molecule has 0 bridgehead atoms. The molecule has 1 aromatic rings. The molecular formula is C14H10Cl2N2O4. The van der Waals surface area contributed by atoms with Gasteiger partial charge in [0.2, 0.25) is 0 Å². The summed E-state index contributed by atoms with van der Waals surface area (Å²) in [5.41, 5.74) is 0.112. The Balaban J connectivity index is 2.21. The van der Waals surface area contributed by atoms with Gasteiger partial charge in [-0.25, -0.2) is 9.69 Å². The van der Waals surface area contributed by atoms with Gasteiger partial charge in [-0.1, -0.05) is 29.3 Å². The van der Waals surface area contributed by atoms with Crippen LogP contribution in [0.2, 0.25) is 10.0 Å². The van der Waals surface area contributed by atoms with Crippen molar-refractivity contribution in [1.82, 2.24) is 9.80 Å². The van der Waals surface area contributed by atoms with Crippen molar-refractivity contribution in [2.45, 2.75) is 0 Å². The summed E-state index contributed by atoms with van der Waals surface area (Å²) in [7, 11) is 0. The van der Waals surface area contributed by atoms with Crippen molar-refractivity contribution in [3.05, 3.63) is 46.5 Å². The Hall–Kier alpha value is -2.18. The van der Waals surface area contributed by atoms with Crippen molar-refractivity contribution in [3.63, 3.8) is 0 Å². The number of amides is 4. The lowest BCUT2D eigenvalue weighted by Crippen LogP contribution is -2.37. The van der Waals surface area contributed by atoms with Crippen LogP contribution in [0.15, 0.2) is 30.9 Å². The number of urea groups is 1. The molecule has 4 amide bonds. The molecule has 0 radical (unpaired) electrons. The van der Waals surface area contributed by atoms with E-state index in [0.29, 0.717) is 14.8 Å². The third-order valence-corrected chi connectivity index (χ3v) is 3.53. The van der Waals surface area contributed by atoms with Crippen LogP contribution in [0, 0.1) is 0 Å². The zero-order valence-electron chi connectivity index (χ0n) is 11.2. The molecule has 0 aliphatic carbocycles. The van der Waals surface area contributed by atoms with E-state index in [2.05, 4.69) is 6.58 Å². The maximum Gasteiger partial charge on any atom is 0.334 e. The van der Waals surface area contributed by atoms with Crippen molar-refractivity contribution in [2.24, 2.45) is 0 Å². The minimum Gasteiger partial charge on any atom is -0.292 e. The topological polar surface area (TPSA) is 74.8 Å². The van der Waals surface area contributed by atoms with Gasteiger partial charge in [-0.3, -0.25) is 19.3 Å². The van der Waals surface area contributed by atoms with E-state index in [1.165, 1.54) is 24.3 Å². The molecule has 0 saturated carbocycles. The number of halogens is 2. The van der Waals surface area contributed by atoms with Crippen molar-refractivity contribution in [2.75, 3.05) is 13.1 Å². The van der Waals surface area contributed by atoms with Crippen LogP contribution in [0.5, 0.6) is 0 Å². The van der Waals surface area contributed by atoms with E-state index in [1.807, 2.05) is 0 Å². The lowest BCUT2D eigenvalue weighted by atomic mass is 10.1. The van der Waals surface area contributed by atoms with Gasteiger partial charge in [0.15, 0.2) is 5.78 Å². The summed E-state index contributed by atoms with van der Waals surface area (Å²) in [5.74, 6) is -2.61. The fourth-order valence-corrected chi connectivity index (χ4v) is 2.44. The number of Topliss-reactive ketones (excluding diaryl/α,β-unsaturated/α-hetero) is 1. The summed E-state index contributed by atoms with van der Waals surface area (Å²) in [6.45, 7) is 2.73. The van der Waals surface area contributed by atoms with Crippen LogP contribution in [0.25, 0.3) is 0 Å². The summed E-state index contributed by atoms with van der Waals surface area (Å²) in [6.07, 6.45) is 1.31. The Kier molecular flexibility index (Phi) is 4.63. The highest BCUT2D eigenvalue weighted by Crippen LogP contribution is 2.22. The second-order valence-corrected chi connectivity index (χ2v) is 5.27. The molecule has 2 rings (SSSR count). The van der Waals surface area contributed by atoms with Gasteiger partial charge in [0.1, 0.15) is 0 Å². The number of hydrogen-bond donors (Lipinski definition) is 0. The molecule has 0 N–H and O–H groups in total. The minimum absolute atomic E-state index is 0.101. The highest BCUT2D eigenvalue weighted by Gasteiger charge is 2.44. The lowest BCUT2D eigenvalue weighted by molar-refractivity contribution is -0.142. The van der Waals surface area contributed by atoms with Crippen molar-refractivity contribution in [3.8, 4) is 0 Å². The molecule has 1 heterocycles. The normalized spacial score (nSPS) is 14.7. The predicted octanol–water partition coefficient (Wildman–Crippen LogP) is 2.15. The molecule has 0 atom stereocenters. The van der Waals surface area contributed by atoms with E-state index in [4.69, 9.17) is 23.2 Å². The van der Waals surface area contributed by atoms with Crippen LogP contribution >= 0.6 is 23.2 Å². The van der Waals surface area contributed by atoms with Crippen LogP contribution in [-0.4, -0.2) is 46.5 Å².